The Hall–Kier alpha value is -3.01. The normalized spacial score (nSPS) is 16.0. The number of methoxy groups -OCH3 is 1. The van der Waals surface area contributed by atoms with Crippen molar-refractivity contribution in [1.29, 1.82) is 0 Å². The van der Waals surface area contributed by atoms with Gasteiger partial charge < -0.3 is 25.6 Å². The Morgan fingerprint density at radius 3 is 2.69 bits per heavy atom. The summed E-state index contributed by atoms with van der Waals surface area (Å²) in [6.07, 6.45) is 0. The highest BCUT2D eigenvalue weighted by atomic mass is 32.2. The number of aromatic nitrogens is 2. The van der Waals surface area contributed by atoms with Gasteiger partial charge in [0.1, 0.15) is 16.6 Å². The van der Waals surface area contributed by atoms with Crippen LogP contribution >= 0.6 is 11.8 Å². The van der Waals surface area contributed by atoms with Gasteiger partial charge in [-0.2, -0.15) is 4.98 Å². The molecule has 0 bridgehead atoms. The van der Waals surface area contributed by atoms with Crippen LogP contribution in [0.15, 0.2) is 23.2 Å². The standard InChI is InChI=1S/C19H22N6O3S/c1-11-9-12(28-2)3-4-13(11)21-19(27)25-7-5-24(6-8-25)16-15-14(26)10-29-17(15)23-18(20)22-16/h3-4,9H,5-8,10H2,1-2H3,(H,21,27)(H2,20,22,23). The van der Waals surface area contributed by atoms with Gasteiger partial charge in [-0.05, 0) is 30.7 Å². The maximum absolute atomic E-state index is 12.7. The molecule has 0 spiro atoms. The lowest BCUT2D eigenvalue weighted by atomic mass is 10.2. The summed E-state index contributed by atoms with van der Waals surface area (Å²) in [7, 11) is 1.61. The second kappa shape index (κ2) is 7.78. The number of anilines is 3. The van der Waals surface area contributed by atoms with Crippen LogP contribution in [-0.4, -0.2) is 65.7 Å². The molecule has 9 nitrogen and oxygen atoms in total. The zero-order chi connectivity index (χ0) is 20.5. The third kappa shape index (κ3) is 3.80. The maximum Gasteiger partial charge on any atom is 0.321 e. The molecule has 2 aromatic rings. The zero-order valence-corrected chi connectivity index (χ0v) is 17.1. The molecule has 0 aliphatic carbocycles. The molecule has 10 heteroatoms. The van der Waals surface area contributed by atoms with Crippen LogP contribution in [0.3, 0.4) is 0 Å². The van der Waals surface area contributed by atoms with Crippen molar-refractivity contribution in [3.63, 3.8) is 0 Å². The Morgan fingerprint density at radius 1 is 1.24 bits per heavy atom. The molecule has 0 radical (unpaired) electrons. The summed E-state index contributed by atoms with van der Waals surface area (Å²) in [5.74, 6) is 1.88. The number of nitrogens with zero attached hydrogens (tertiary/aromatic N) is 4. The van der Waals surface area contributed by atoms with Crippen LogP contribution in [0.1, 0.15) is 15.9 Å². The van der Waals surface area contributed by atoms with Gasteiger partial charge in [-0.15, -0.1) is 0 Å². The lowest BCUT2D eigenvalue weighted by molar-refractivity contribution is 0.102. The van der Waals surface area contributed by atoms with Crippen molar-refractivity contribution in [3.8, 4) is 5.75 Å². The topological polar surface area (TPSA) is 114 Å². The molecule has 3 heterocycles. The number of rotatable bonds is 3. The summed E-state index contributed by atoms with van der Waals surface area (Å²) >= 11 is 1.39. The van der Waals surface area contributed by atoms with Gasteiger partial charge in [0.15, 0.2) is 5.78 Å². The van der Waals surface area contributed by atoms with Crippen molar-refractivity contribution in [2.75, 3.05) is 55.0 Å². The van der Waals surface area contributed by atoms with Gasteiger partial charge in [-0.3, -0.25) is 4.79 Å². The van der Waals surface area contributed by atoms with E-state index in [0.29, 0.717) is 48.3 Å². The molecule has 0 unspecified atom stereocenters. The minimum absolute atomic E-state index is 0.0233. The average Bonchev–Trinajstić information content (AvgIpc) is 3.09. The Balaban J connectivity index is 1.43. The number of benzene rings is 1. The minimum Gasteiger partial charge on any atom is -0.497 e. The smallest absolute Gasteiger partial charge is 0.321 e. The van der Waals surface area contributed by atoms with Gasteiger partial charge >= 0.3 is 6.03 Å². The number of ketones is 1. The van der Waals surface area contributed by atoms with Crippen LogP contribution in [-0.2, 0) is 0 Å². The van der Waals surface area contributed by atoms with E-state index in [4.69, 9.17) is 10.5 Å². The Bertz CT molecular complexity index is 975. The third-order valence-electron chi connectivity index (χ3n) is 5.03. The summed E-state index contributed by atoms with van der Waals surface area (Å²) in [6, 6.07) is 5.37. The van der Waals surface area contributed by atoms with E-state index in [1.165, 1.54) is 11.8 Å². The van der Waals surface area contributed by atoms with Gasteiger partial charge in [-0.1, -0.05) is 11.8 Å². The number of carbonyl (C=O) groups is 2. The van der Waals surface area contributed by atoms with Gasteiger partial charge in [0.2, 0.25) is 5.95 Å². The molecule has 1 fully saturated rings. The Labute approximate surface area is 172 Å². The van der Waals surface area contributed by atoms with E-state index < -0.39 is 0 Å². The number of carbonyl (C=O) groups excluding carboxylic acids is 2. The number of piperazine rings is 1. The molecular weight excluding hydrogens is 392 g/mol. The number of urea groups is 1. The fraction of sp³-hybridized carbons (Fsp3) is 0.368. The fourth-order valence-electron chi connectivity index (χ4n) is 3.45. The van der Waals surface area contributed by atoms with Crippen molar-refractivity contribution in [2.45, 2.75) is 11.9 Å². The predicted molar refractivity (Wildman–Crippen MR) is 112 cm³/mol. The molecule has 0 saturated carbocycles. The molecular formula is C19H22N6O3S. The van der Waals surface area contributed by atoms with Crippen LogP contribution in [0.5, 0.6) is 5.75 Å². The second-order valence-electron chi connectivity index (χ2n) is 6.88. The second-order valence-corrected chi connectivity index (χ2v) is 7.85. The Morgan fingerprint density at radius 2 is 2.00 bits per heavy atom. The number of hydrogen-bond donors (Lipinski definition) is 2. The molecule has 2 aliphatic heterocycles. The first-order valence-electron chi connectivity index (χ1n) is 9.25. The quantitative estimate of drug-likeness (QED) is 0.734. The van der Waals surface area contributed by atoms with E-state index >= 15 is 0 Å². The molecule has 1 aromatic heterocycles. The van der Waals surface area contributed by atoms with E-state index in [1.54, 1.807) is 12.0 Å². The van der Waals surface area contributed by atoms with Crippen LogP contribution in [0, 0.1) is 6.92 Å². The monoisotopic (exact) mass is 414 g/mol. The van der Waals surface area contributed by atoms with Crippen molar-refractivity contribution in [3.05, 3.63) is 29.3 Å². The van der Waals surface area contributed by atoms with E-state index in [1.807, 2.05) is 30.0 Å². The van der Waals surface area contributed by atoms with Gasteiger partial charge in [-0.25, -0.2) is 9.78 Å². The van der Waals surface area contributed by atoms with Crippen LogP contribution in [0.2, 0.25) is 0 Å². The molecule has 152 valence electrons. The molecule has 2 aliphatic rings. The maximum atomic E-state index is 12.7. The summed E-state index contributed by atoms with van der Waals surface area (Å²) in [4.78, 5) is 37.1. The molecule has 3 N–H and O–H groups in total. The van der Waals surface area contributed by atoms with E-state index in [0.717, 1.165) is 17.0 Å². The van der Waals surface area contributed by atoms with Gasteiger partial charge in [0.25, 0.3) is 0 Å². The highest BCUT2D eigenvalue weighted by molar-refractivity contribution is 8.00. The summed E-state index contributed by atoms with van der Waals surface area (Å²) in [5, 5.41) is 3.60. The number of nitrogens with two attached hydrogens (primary N) is 1. The number of aryl methyl sites for hydroxylation is 1. The average molecular weight is 414 g/mol. The van der Waals surface area contributed by atoms with Gasteiger partial charge in [0, 0.05) is 31.9 Å². The summed E-state index contributed by atoms with van der Waals surface area (Å²) < 4.78 is 5.20. The summed E-state index contributed by atoms with van der Waals surface area (Å²) in [5.41, 5.74) is 8.06. The first-order valence-corrected chi connectivity index (χ1v) is 10.2. The highest BCUT2D eigenvalue weighted by Crippen LogP contribution is 2.36. The number of nitrogens with one attached hydrogen (secondary N) is 1. The van der Waals surface area contributed by atoms with Crippen molar-refractivity contribution >= 4 is 41.0 Å². The van der Waals surface area contributed by atoms with E-state index in [9.17, 15) is 9.59 Å². The van der Waals surface area contributed by atoms with Crippen LogP contribution in [0.25, 0.3) is 0 Å². The molecule has 29 heavy (non-hydrogen) atoms. The first kappa shape index (κ1) is 19.3. The first-order chi connectivity index (χ1) is 14.0. The highest BCUT2D eigenvalue weighted by Gasteiger charge is 2.31. The SMILES string of the molecule is COc1ccc(NC(=O)N2CCN(c3nc(N)nc4c3C(=O)CS4)CC2)c(C)c1. The number of ether oxygens (including phenoxy) is 1. The largest absolute Gasteiger partial charge is 0.497 e. The Kier molecular flexibility index (Phi) is 5.18. The zero-order valence-electron chi connectivity index (χ0n) is 16.3. The van der Waals surface area contributed by atoms with Crippen molar-refractivity contribution in [1.82, 2.24) is 14.9 Å². The third-order valence-corrected chi connectivity index (χ3v) is 6.01. The molecule has 1 saturated heterocycles. The van der Waals surface area contributed by atoms with Crippen molar-refractivity contribution in [2.24, 2.45) is 0 Å². The number of Topliss-reactive ketones (excluding diaryl/α,β-unsaturated/α-hetero) is 1. The summed E-state index contributed by atoms with van der Waals surface area (Å²) in [6.45, 7) is 4.08. The number of amides is 2. The lowest BCUT2D eigenvalue weighted by Crippen LogP contribution is -2.50. The van der Waals surface area contributed by atoms with Crippen LogP contribution in [0.4, 0.5) is 22.2 Å². The molecule has 0 atom stereocenters. The number of nitrogen functional groups attached to an aromatic ring is 1. The number of thioether (sulfide) groups is 1. The molecule has 2 amide bonds. The van der Waals surface area contributed by atoms with Crippen molar-refractivity contribution < 1.29 is 14.3 Å². The number of fused-ring (bicyclic) bond motifs is 1. The van der Waals surface area contributed by atoms with Gasteiger partial charge in [0.05, 0.1) is 18.4 Å². The predicted octanol–water partition coefficient (Wildman–Crippen LogP) is 2.02. The fourth-order valence-corrected chi connectivity index (χ4v) is 4.37. The van der Waals surface area contributed by atoms with E-state index in [2.05, 4.69) is 15.3 Å². The molecule has 4 rings (SSSR count). The number of hydrogen-bond acceptors (Lipinski definition) is 8. The molecule has 1 aromatic carbocycles. The minimum atomic E-state index is -0.156. The van der Waals surface area contributed by atoms with E-state index in [-0.39, 0.29) is 17.8 Å². The van der Waals surface area contributed by atoms with Crippen LogP contribution < -0.4 is 20.7 Å². The lowest BCUT2D eigenvalue weighted by Gasteiger charge is -2.36.